The fourth-order valence-electron chi connectivity index (χ4n) is 2.40. The van der Waals surface area contributed by atoms with E-state index in [1.54, 1.807) is 0 Å². The van der Waals surface area contributed by atoms with Crippen molar-refractivity contribution in [3.05, 3.63) is 12.7 Å². The van der Waals surface area contributed by atoms with Gasteiger partial charge in [-0.15, -0.1) is 6.58 Å². The van der Waals surface area contributed by atoms with Crippen LogP contribution < -0.4 is 0 Å². The van der Waals surface area contributed by atoms with Gasteiger partial charge in [-0.1, -0.05) is 19.9 Å². The van der Waals surface area contributed by atoms with Crippen LogP contribution in [0.4, 0.5) is 0 Å². The molecular formula is C12H24N2. The van der Waals surface area contributed by atoms with Gasteiger partial charge in [0.2, 0.25) is 0 Å². The molecule has 1 heterocycles. The van der Waals surface area contributed by atoms with Crippen molar-refractivity contribution in [1.82, 2.24) is 10.0 Å². The van der Waals surface area contributed by atoms with E-state index in [1.807, 2.05) is 6.08 Å². The molecule has 1 atom stereocenters. The summed E-state index contributed by atoms with van der Waals surface area (Å²) in [4.78, 5) is 0. The molecular weight excluding hydrogens is 172 g/mol. The summed E-state index contributed by atoms with van der Waals surface area (Å²) in [6.45, 7) is 9.70. The molecule has 1 aliphatic rings. The topological polar surface area (TPSA) is 6.48 Å². The summed E-state index contributed by atoms with van der Waals surface area (Å²) in [7, 11) is 4.28. The third-order valence-corrected chi connectivity index (χ3v) is 3.02. The summed E-state index contributed by atoms with van der Waals surface area (Å²) in [5.41, 5.74) is 0.468. The van der Waals surface area contributed by atoms with Crippen LogP contribution in [0.15, 0.2) is 12.7 Å². The molecule has 2 heteroatoms. The maximum absolute atomic E-state index is 3.80. The maximum Gasteiger partial charge on any atom is 0.0254 e. The van der Waals surface area contributed by atoms with Crippen molar-refractivity contribution in [3.63, 3.8) is 0 Å². The van der Waals surface area contributed by atoms with E-state index < -0.39 is 0 Å². The predicted molar refractivity (Wildman–Crippen MR) is 62.0 cm³/mol. The summed E-state index contributed by atoms with van der Waals surface area (Å²) >= 11 is 0. The minimum atomic E-state index is 0.468. The maximum atomic E-state index is 3.80. The van der Waals surface area contributed by atoms with Crippen LogP contribution in [0.5, 0.6) is 0 Å². The van der Waals surface area contributed by atoms with Crippen LogP contribution in [0.3, 0.4) is 0 Å². The van der Waals surface area contributed by atoms with Gasteiger partial charge in [0.15, 0.2) is 0 Å². The molecule has 82 valence electrons. The Morgan fingerprint density at radius 2 is 2.14 bits per heavy atom. The van der Waals surface area contributed by atoms with Gasteiger partial charge in [-0.25, -0.2) is 10.0 Å². The standard InChI is InChI=1S/C12H24N2/c1-6-7-8-11-9-12(2,3)10-14(11)13(4)5/h6,11H,1,7-10H2,2-5H3. The molecule has 0 aromatic carbocycles. The highest BCUT2D eigenvalue weighted by Gasteiger charge is 2.37. The van der Waals surface area contributed by atoms with Crippen LogP contribution in [-0.2, 0) is 0 Å². The first-order valence-corrected chi connectivity index (χ1v) is 5.51. The van der Waals surface area contributed by atoms with Gasteiger partial charge in [0.05, 0.1) is 0 Å². The molecule has 0 aromatic heterocycles. The van der Waals surface area contributed by atoms with Crippen molar-refractivity contribution < 1.29 is 0 Å². The number of allylic oxidation sites excluding steroid dienone is 1. The molecule has 1 aliphatic heterocycles. The molecule has 1 rings (SSSR count). The zero-order chi connectivity index (χ0) is 10.8. The molecule has 1 saturated heterocycles. The Balaban J connectivity index is 2.58. The molecule has 0 spiro atoms. The Bertz CT molecular complexity index is 196. The van der Waals surface area contributed by atoms with Crippen molar-refractivity contribution in [1.29, 1.82) is 0 Å². The molecule has 1 fully saturated rings. The Morgan fingerprint density at radius 3 is 2.64 bits per heavy atom. The molecule has 2 nitrogen and oxygen atoms in total. The molecule has 0 radical (unpaired) electrons. The molecule has 14 heavy (non-hydrogen) atoms. The zero-order valence-corrected chi connectivity index (χ0v) is 10.1. The first-order chi connectivity index (χ1) is 6.46. The normalized spacial score (nSPS) is 27.1. The molecule has 0 aromatic rings. The van der Waals surface area contributed by atoms with Gasteiger partial charge >= 0.3 is 0 Å². The average Bonchev–Trinajstić information content (AvgIpc) is 2.38. The van der Waals surface area contributed by atoms with Crippen LogP contribution in [0, 0.1) is 5.41 Å². The van der Waals surface area contributed by atoms with E-state index in [4.69, 9.17) is 0 Å². The van der Waals surface area contributed by atoms with Crippen molar-refractivity contribution >= 4 is 0 Å². The highest BCUT2D eigenvalue weighted by atomic mass is 15.6. The first-order valence-electron chi connectivity index (χ1n) is 5.51. The molecule has 0 bridgehead atoms. The minimum absolute atomic E-state index is 0.468. The van der Waals surface area contributed by atoms with Gasteiger partial charge in [0.25, 0.3) is 0 Å². The van der Waals surface area contributed by atoms with Crippen molar-refractivity contribution in [3.8, 4) is 0 Å². The van der Waals surface area contributed by atoms with Crippen LogP contribution in [0.25, 0.3) is 0 Å². The van der Waals surface area contributed by atoms with Gasteiger partial charge < -0.3 is 0 Å². The number of nitrogens with zero attached hydrogens (tertiary/aromatic N) is 2. The van der Waals surface area contributed by atoms with Crippen LogP contribution in [0.1, 0.15) is 33.1 Å². The second-order valence-electron chi connectivity index (χ2n) is 5.33. The van der Waals surface area contributed by atoms with E-state index in [-0.39, 0.29) is 0 Å². The van der Waals surface area contributed by atoms with E-state index in [1.165, 1.54) is 19.4 Å². The molecule has 0 amide bonds. The lowest BCUT2D eigenvalue weighted by Gasteiger charge is -2.30. The highest BCUT2D eigenvalue weighted by molar-refractivity contribution is 4.89. The van der Waals surface area contributed by atoms with Gasteiger partial charge in [-0.3, -0.25) is 0 Å². The largest absolute Gasteiger partial charge is 0.248 e. The number of hydrogen-bond acceptors (Lipinski definition) is 2. The molecule has 1 unspecified atom stereocenters. The minimum Gasteiger partial charge on any atom is -0.248 e. The zero-order valence-electron chi connectivity index (χ0n) is 10.1. The van der Waals surface area contributed by atoms with Crippen molar-refractivity contribution in [2.45, 2.75) is 39.2 Å². The third-order valence-electron chi connectivity index (χ3n) is 3.02. The first kappa shape index (κ1) is 11.7. The lowest BCUT2D eigenvalue weighted by Crippen LogP contribution is -2.41. The lowest BCUT2D eigenvalue weighted by molar-refractivity contribution is 0.00385. The van der Waals surface area contributed by atoms with E-state index in [0.29, 0.717) is 11.5 Å². The van der Waals surface area contributed by atoms with E-state index >= 15 is 0 Å². The lowest BCUT2D eigenvalue weighted by atomic mass is 9.89. The summed E-state index contributed by atoms with van der Waals surface area (Å²) in [6, 6.07) is 0.706. The summed E-state index contributed by atoms with van der Waals surface area (Å²) < 4.78 is 0. The average molecular weight is 196 g/mol. The Morgan fingerprint density at radius 1 is 1.50 bits per heavy atom. The predicted octanol–water partition coefficient (Wildman–Crippen LogP) is 2.53. The van der Waals surface area contributed by atoms with Crippen LogP contribution in [0.2, 0.25) is 0 Å². The third kappa shape index (κ3) is 2.82. The summed E-state index contributed by atoms with van der Waals surface area (Å²) in [6.07, 6.45) is 5.70. The van der Waals surface area contributed by atoms with Crippen molar-refractivity contribution in [2.75, 3.05) is 20.6 Å². The second-order valence-corrected chi connectivity index (χ2v) is 5.33. The van der Waals surface area contributed by atoms with Gasteiger partial charge in [0.1, 0.15) is 0 Å². The number of hydrazine groups is 1. The monoisotopic (exact) mass is 196 g/mol. The molecule has 0 saturated carbocycles. The van der Waals surface area contributed by atoms with Gasteiger partial charge in [-0.2, -0.15) is 0 Å². The Kier molecular flexibility index (Phi) is 3.73. The quantitative estimate of drug-likeness (QED) is 0.638. The van der Waals surface area contributed by atoms with E-state index in [2.05, 4.69) is 44.5 Å². The highest BCUT2D eigenvalue weighted by Crippen LogP contribution is 2.36. The van der Waals surface area contributed by atoms with Crippen molar-refractivity contribution in [2.24, 2.45) is 5.41 Å². The molecule has 0 aliphatic carbocycles. The number of rotatable bonds is 4. The van der Waals surface area contributed by atoms with E-state index in [0.717, 1.165) is 6.42 Å². The van der Waals surface area contributed by atoms with Gasteiger partial charge in [0, 0.05) is 26.7 Å². The number of hydrogen-bond donors (Lipinski definition) is 0. The van der Waals surface area contributed by atoms with Crippen LogP contribution in [-0.4, -0.2) is 36.7 Å². The van der Waals surface area contributed by atoms with Gasteiger partial charge in [-0.05, 0) is 24.7 Å². The summed E-state index contributed by atoms with van der Waals surface area (Å²) in [5.74, 6) is 0. The SMILES string of the molecule is C=CCCC1CC(C)(C)CN1N(C)C. The fraction of sp³-hybridized carbons (Fsp3) is 0.833. The van der Waals surface area contributed by atoms with Crippen LogP contribution >= 0.6 is 0 Å². The Hall–Kier alpha value is -0.340. The van der Waals surface area contributed by atoms with E-state index in [9.17, 15) is 0 Å². The Labute approximate surface area is 88.5 Å². The summed E-state index contributed by atoms with van der Waals surface area (Å²) in [5, 5.41) is 4.73. The smallest absolute Gasteiger partial charge is 0.0254 e. The fourth-order valence-corrected chi connectivity index (χ4v) is 2.40. The molecule has 0 N–H and O–H groups in total. The second kappa shape index (κ2) is 4.45.